The Hall–Kier alpha value is -1.28. The van der Waals surface area contributed by atoms with Crippen molar-refractivity contribution in [2.24, 2.45) is 15.9 Å². The summed E-state index contributed by atoms with van der Waals surface area (Å²) in [6.07, 6.45) is 0.662. The molecule has 0 spiro atoms. The van der Waals surface area contributed by atoms with E-state index in [-0.39, 0.29) is 12.1 Å². The van der Waals surface area contributed by atoms with Crippen LogP contribution in [0.15, 0.2) is 9.98 Å². The summed E-state index contributed by atoms with van der Waals surface area (Å²) in [6.45, 7) is 16.3. The summed E-state index contributed by atoms with van der Waals surface area (Å²) in [5.41, 5.74) is 3.64. The second kappa shape index (κ2) is 10.7. The van der Waals surface area contributed by atoms with Gasteiger partial charge in [0.1, 0.15) is 20.2 Å². The second-order valence-electron chi connectivity index (χ2n) is 6.85. The number of ether oxygens (including phenoxy) is 2. The van der Waals surface area contributed by atoms with E-state index < -0.39 is 8.07 Å². The molecule has 2 atom stereocenters. The Morgan fingerprint density at radius 3 is 1.96 bits per heavy atom. The van der Waals surface area contributed by atoms with Crippen LogP contribution in [0, 0.1) is 17.4 Å². The first kappa shape index (κ1) is 21.8. The molecular formula is C20H36N2O2Si. The number of rotatable bonds is 7. The normalized spacial score (nSPS) is 20.5. The van der Waals surface area contributed by atoms with Gasteiger partial charge in [0.05, 0.1) is 13.2 Å². The van der Waals surface area contributed by atoms with Crippen LogP contribution >= 0.6 is 0 Å². The first-order chi connectivity index (χ1) is 12.0. The molecule has 5 heteroatoms. The lowest BCUT2D eigenvalue weighted by Crippen LogP contribution is -2.38. The van der Waals surface area contributed by atoms with Gasteiger partial charge in [0.15, 0.2) is 0 Å². The summed E-state index contributed by atoms with van der Waals surface area (Å²) in [5.74, 6) is 5.21. The van der Waals surface area contributed by atoms with E-state index in [2.05, 4.69) is 46.1 Å². The standard InChI is InChI=1S/C20H36N2O2Si/c1-8-23-19-17(14-13-15-25(10-3,11-4)12-5)21-20(24-9-2)18(22-19)16(6)7/h16-18H,8-12,14H2,1-7H3/t17-,18-/m0/s1. The van der Waals surface area contributed by atoms with Crippen LogP contribution in [0.25, 0.3) is 0 Å². The number of hydrogen-bond donors (Lipinski definition) is 0. The maximum Gasteiger partial charge on any atom is 0.210 e. The van der Waals surface area contributed by atoms with Crippen molar-refractivity contribution in [1.82, 2.24) is 0 Å². The third-order valence-corrected chi connectivity index (χ3v) is 9.75. The molecule has 0 radical (unpaired) electrons. The fourth-order valence-corrected chi connectivity index (χ4v) is 5.54. The molecule has 4 nitrogen and oxygen atoms in total. The minimum atomic E-state index is -1.43. The van der Waals surface area contributed by atoms with E-state index in [0.29, 0.717) is 25.6 Å². The van der Waals surface area contributed by atoms with Crippen LogP contribution in [0.2, 0.25) is 18.1 Å². The van der Waals surface area contributed by atoms with E-state index in [0.717, 1.165) is 11.8 Å². The number of aliphatic imine (C=N–C) groups is 2. The molecule has 1 heterocycles. The van der Waals surface area contributed by atoms with Gasteiger partial charge in [-0.2, -0.15) is 0 Å². The molecule has 0 aromatic carbocycles. The van der Waals surface area contributed by atoms with Gasteiger partial charge >= 0.3 is 0 Å². The van der Waals surface area contributed by atoms with Gasteiger partial charge in [-0.15, -0.1) is 11.5 Å². The zero-order valence-electron chi connectivity index (χ0n) is 17.2. The molecule has 0 N–H and O–H groups in total. The van der Waals surface area contributed by atoms with E-state index in [4.69, 9.17) is 19.5 Å². The van der Waals surface area contributed by atoms with Crippen LogP contribution in [0.1, 0.15) is 54.9 Å². The molecule has 0 bridgehead atoms. The SMILES string of the molecule is CCOC1=N[C@@H](C(C)C)C(OCC)=N[C@H]1CC#C[Si](CC)(CC)CC. The van der Waals surface area contributed by atoms with Crippen LogP contribution < -0.4 is 0 Å². The van der Waals surface area contributed by atoms with Crippen LogP contribution in [0.4, 0.5) is 0 Å². The van der Waals surface area contributed by atoms with Crippen molar-refractivity contribution in [2.75, 3.05) is 13.2 Å². The lowest BCUT2D eigenvalue weighted by molar-refractivity contribution is 0.276. The Morgan fingerprint density at radius 1 is 0.920 bits per heavy atom. The molecule has 142 valence electrons. The summed E-state index contributed by atoms with van der Waals surface area (Å²) in [7, 11) is -1.43. The highest BCUT2D eigenvalue weighted by molar-refractivity contribution is 6.87. The molecule has 1 rings (SSSR count). The van der Waals surface area contributed by atoms with Crippen molar-refractivity contribution >= 4 is 19.9 Å². The highest BCUT2D eigenvalue weighted by Crippen LogP contribution is 2.21. The van der Waals surface area contributed by atoms with Gasteiger partial charge < -0.3 is 9.47 Å². The Bertz CT molecular complexity index is 519. The highest BCUT2D eigenvalue weighted by Gasteiger charge is 2.31. The fraction of sp³-hybridized carbons (Fsp3) is 0.800. The summed E-state index contributed by atoms with van der Waals surface area (Å²) < 4.78 is 11.6. The summed E-state index contributed by atoms with van der Waals surface area (Å²) in [4.78, 5) is 9.63. The quantitative estimate of drug-likeness (QED) is 0.485. The molecule has 1 aliphatic heterocycles. The van der Waals surface area contributed by atoms with Gasteiger partial charge in [0.25, 0.3) is 0 Å². The molecule has 0 unspecified atom stereocenters. The van der Waals surface area contributed by atoms with E-state index in [1.54, 1.807) is 0 Å². The van der Waals surface area contributed by atoms with Gasteiger partial charge in [-0.25, -0.2) is 9.98 Å². The predicted octanol–water partition coefficient (Wildman–Crippen LogP) is 4.70. The molecule has 1 aliphatic rings. The first-order valence-electron chi connectivity index (χ1n) is 9.87. The molecular weight excluding hydrogens is 328 g/mol. The average molecular weight is 365 g/mol. The lowest BCUT2D eigenvalue weighted by atomic mass is 10.0. The van der Waals surface area contributed by atoms with E-state index in [9.17, 15) is 0 Å². The fourth-order valence-electron chi connectivity index (χ4n) is 3.03. The topological polar surface area (TPSA) is 43.2 Å². The van der Waals surface area contributed by atoms with Crippen molar-refractivity contribution in [3.8, 4) is 11.5 Å². The average Bonchev–Trinajstić information content (AvgIpc) is 2.61. The predicted molar refractivity (Wildman–Crippen MR) is 110 cm³/mol. The molecule has 25 heavy (non-hydrogen) atoms. The minimum absolute atomic E-state index is 0.0545. The Balaban J connectivity index is 3.04. The molecule has 0 aromatic heterocycles. The Labute approximate surface area is 155 Å². The van der Waals surface area contributed by atoms with Crippen molar-refractivity contribution in [3.63, 3.8) is 0 Å². The summed E-state index contributed by atoms with van der Waals surface area (Å²) >= 11 is 0. The van der Waals surface area contributed by atoms with Crippen LogP contribution in [-0.4, -0.2) is 45.2 Å². The number of hydrogen-bond acceptors (Lipinski definition) is 4. The summed E-state index contributed by atoms with van der Waals surface area (Å²) in [5, 5.41) is 0. The third kappa shape index (κ3) is 5.88. The van der Waals surface area contributed by atoms with Gasteiger partial charge in [-0.3, -0.25) is 0 Å². The number of nitrogens with zero attached hydrogens (tertiary/aromatic N) is 2. The van der Waals surface area contributed by atoms with Gasteiger partial charge in [-0.05, 0) is 37.9 Å². The van der Waals surface area contributed by atoms with Crippen molar-refractivity contribution in [1.29, 1.82) is 0 Å². The molecule has 0 fully saturated rings. The van der Waals surface area contributed by atoms with Gasteiger partial charge in [0.2, 0.25) is 11.8 Å². The minimum Gasteiger partial charge on any atom is -0.480 e. The van der Waals surface area contributed by atoms with Crippen molar-refractivity contribution < 1.29 is 9.47 Å². The molecule has 0 aliphatic carbocycles. The van der Waals surface area contributed by atoms with Gasteiger partial charge in [0, 0.05) is 6.42 Å². The first-order valence-corrected chi connectivity index (χ1v) is 12.5. The highest BCUT2D eigenvalue weighted by atomic mass is 28.3. The maximum atomic E-state index is 5.79. The van der Waals surface area contributed by atoms with Gasteiger partial charge in [-0.1, -0.05) is 34.6 Å². The lowest BCUT2D eigenvalue weighted by Gasteiger charge is -2.27. The Kier molecular flexibility index (Phi) is 9.27. The molecule has 0 amide bonds. The third-order valence-electron chi connectivity index (χ3n) is 4.98. The maximum absolute atomic E-state index is 5.79. The zero-order valence-corrected chi connectivity index (χ0v) is 18.2. The van der Waals surface area contributed by atoms with Crippen LogP contribution in [0.5, 0.6) is 0 Å². The van der Waals surface area contributed by atoms with E-state index in [1.807, 2.05) is 13.8 Å². The zero-order chi connectivity index (χ0) is 18.9. The second-order valence-corrected chi connectivity index (χ2v) is 11.8. The van der Waals surface area contributed by atoms with Crippen molar-refractivity contribution in [2.45, 2.75) is 85.1 Å². The summed E-state index contributed by atoms with van der Waals surface area (Å²) in [6, 6.07) is 3.45. The smallest absolute Gasteiger partial charge is 0.210 e. The van der Waals surface area contributed by atoms with Crippen LogP contribution in [0.3, 0.4) is 0 Å². The molecule has 0 aromatic rings. The van der Waals surface area contributed by atoms with Crippen molar-refractivity contribution in [3.05, 3.63) is 0 Å². The Morgan fingerprint density at radius 2 is 1.48 bits per heavy atom. The largest absolute Gasteiger partial charge is 0.480 e. The van der Waals surface area contributed by atoms with Crippen LogP contribution in [-0.2, 0) is 9.47 Å². The molecule has 0 saturated carbocycles. The monoisotopic (exact) mass is 364 g/mol. The van der Waals surface area contributed by atoms with E-state index in [1.165, 1.54) is 18.1 Å². The van der Waals surface area contributed by atoms with E-state index >= 15 is 0 Å². The molecule has 0 saturated heterocycles.